The molecule has 3 unspecified atom stereocenters. The molecule has 1 aliphatic heterocycles. The number of carbonyl (C=O) groups excluding carboxylic acids is 1. The fourth-order valence-corrected chi connectivity index (χ4v) is 1.99. The first-order chi connectivity index (χ1) is 7.00. The van der Waals surface area contributed by atoms with Crippen molar-refractivity contribution < 1.29 is 9.53 Å². The maximum atomic E-state index is 11.6. The van der Waals surface area contributed by atoms with E-state index >= 15 is 0 Å². The molecular formula is C11H22N2O2. The number of nitrogens with one attached hydrogen (secondary N) is 1. The van der Waals surface area contributed by atoms with Gasteiger partial charge in [-0.2, -0.15) is 0 Å². The molecule has 0 spiro atoms. The van der Waals surface area contributed by atoms with Crippen molar-refractivity contribution in [3.8, 4) is 0 Å². The predicted octanol–water partition coefficient (Wildman–Crippen LogP) is 0.655. The molecule has 4 heteroatoms. The Hall–Kier alpha value is -0.610. The Kier molecular flexibility index (Phi) is 4.11. The Morgan fingerprint density at radius 2 is 2.40 bits per heavy atom. The van der Waals surface area contributed by atoms with Crippen LogP contribution >= 0.6 is 0 Å². The van der Waals surface area contributed by atoms with Crippen LogP contribution in [0.15, 0.2) is 0 Å². The summed E-state index contributed by atoms with van der Waals surface area (Å²) in [6, 6.07) is 0.295. The minimum atomic E-state index is -0.633. The largest absolute Gasteiger partial charge is 0.381 e. The van der Waals surface area contributed by atoms with Gasteiger partial charge in [-0.15, -0.1) is 0 Å². The van der Waals surface area contributed by atoms with Crippen molar-refractivity contribution in [3.05, 3.63) is 0 Å². The third kappa shape index (κ3) is 2.69. The van der Waals surface area contributed by atoms with Crippen LogP contribution in [0.3, 0.4) is 0 Å². The van der Waals surface area contributed by atoms with Crippen molar-refractivity contribution in [2.24, 2.45) is 11.7 Å². The molecule has 1 fully saturated rings. The van der Waals surface area contributed by atoms with E-state index in [-0.39, 0.29) is 11.8 Å². The zero-order valence-corrected chi connectivity index (χ0v) is 9.88. The number of carbonyl (C=O) groups is 1. The average molecular weight is 214 g/mol. The maximum absolute atomic E-state index is 11.6. The molecule has 0 aromatic carbocycles. The molecule has 3 N–H and O–H groups in total. The van der Waals surface area contributed by atoms with E-state index in [1.165, 1.54) is 0 Å². The van der Waals surface area contributed by atoms with Gasteiger partial charge in [0.05, 0.1) is 6.61 Å². The fraction of sp³-hybridized carbons (Fsp3) is 0.909. The number of hydrogen-bond acceptors (Lipinski definition) is 3. The zero-order valence-electron chi connectivity index (χ0n) is 9.88. The van der Waals surface area contributed by atoms with Crippen LogP contribution < -0.4 is 11.1 Å². The summed E-state index contributed by atoms with van der Waals surface area (Å²) >= 11 is 0. The minimum absolute atomic E-state index is 0.198. The second kappa shape index (κ2) is 4.94. The lowest BCUT2D eigenvalue weighted by Gasteiger charge is -2.35. The van der Waals surface area contributed by atoms with Crippen LogP contribution in [-0.2, 0) is 9.53 Å². The molecule has 15 heavy (non-hydrogen) atoms. The molecule has 1 heterocycles. The van der Waals surface area contributed by atoms with Crippen molar-refractivity contribution in [3.63, 3.8) is 0 Å². The lowest BCUT2D eigenvalue weighted by molar-refractivity contribution is -0.126. The summed E-state index contributed by atoms with van der Waals surface area (Å²) in [7, 11) is 0. The second-order valence-corrected chi connectivity index (χ2v) is 4.58. The van der Waals surface area contributed by atoms with Crippen molar-refractivity contribution in [1.29, 1.82) is 0 Å². The summed E-state index contributed by atoms with van der Waals surface area (Å²) in [5, 5.41) is 3.33. The van der Waals surface area contributed by atoms with E-state index in [9.17, 15) is 4.79 Å². The number of amides is 1. The summed E-state index contributed by atoms with van der Waals surface area (Å²) in [6.45, 7) is 7.40. The Bertz CT molecular complexity index is 227. The molecule has 4 nitrogen and oxygen atoms in total. The quantitative estimate of drug-likeness (QED) is 0.706. The summed E-state index contributed by atoms with van der Waals surface area (Å²) in [6.07, 6.45) is 1.89. The van der Waals surface area contributed by atoms with Gasteiger partial charge in [0, 0.05) is 18.6 Å². The van der Waals surface area contributed by atoms with Crippen LogP contribution in [-0.4, -0.2) is 30.7 Å². The van der Waals surface area contributed by atoms with Crippen LogP contribution in [0.5, 0.6) is 0 Å². The summed E-state index contributed by atoms with van der Waals surface area (Å²) in [4.78, 5) is 11.6. The highest BCUT2D eigenvalue weighted by molar-refractivity contribution is 5.84. The molecule has 1 rings (SSSR count). The van der Waals surface area contributed by atoms with Crippen LogP contribution in [0.2, 0.25) is 0 Å². The fourth-order valence-electron chi connectivity index (χ4n) is 1.99. The summed E-state index contributed by atoms with van der Waals surface area (Å²) in [5.41, 5.74) is 4.86. The number of rotatable bonds is 5. The predicted molar refractivity (Wildman–Crippen MR) is 59.4 cm³/mol. The van der Waals surface area contributed by atoms with E-state index in [1.807, 2.05) is 6.92 Å². The van der Waals surface area contributed by atoms with Crippen LogP contribution in [0.25, 0.3) is 0 Å². The van der Waals surface area contributed by atoms with Gasteiger partial charge >= 0.3 is 0 Å². The van der Waals surface area contributed by atoms with Gasteiger partial charge in [-0.25, -0.2) is 0 Å². The first kappa shape index (κ1) is 12.5. The van der Waals surface area contributed by atoms with Crippen molar-refractivity contribution in [1.82, 2.24) is 5.32 Å². The Balaban J connectivity index is 2.72. The molecule has 0 radical (unpaired) electrons. The topological polar surface area (TPSA) is 64.3 Å². The molecule has 0 aliphatic carbocycles. The minimum Gasteiger partial charge on any atom is -0.381 e. The molecule has 1 saturated heterocycles. The molecule has 88 valence electrons. The third-order valence-electron chi connectivity index (χ3n) is 3.42. The molecule has 0 saturated carbocycles. The summed E-state index contributed by atoms with van der Waals surface area (Å²) in [5.74, 6) is -0.0812. The van der Waals surface area contributed by atoms with Gasteiger partial charge in [0.2, 0.25) is 5.91 Å². The van der Waals surface area contributed by atoms with Crippen molar-refractivity contribution >= 4 is 5.91 Å². The standard InChI is InChI=1S/C11H22N2O2/c1-4-8(2)13-11(3,10(12)14)9-5-6-15-7-9/h8-9,13H,4-7H2,1-3H3,(H2,12,14). The molecule has 0 bridgehead atoms. The van der Waals surface area contributed by atoms with E-state index < -0.39 is 5.54 Å². The normalized spacial score (nSPS) is 27.3. The third-order valence-corrected chi connectivity index (χ3v) is 3.42. The highest BCUT2D eigenvalue weighted by atomic mass is 16.5. The monoisotopic (exact) mass is 214 g/mol. The molecular weight excluding hydrogens is 192 g/mol. The zero-order chi connectivity index (χ0) is 11.5. The first-order valence-corrected chi connectivity index (χ1v) is 5.66. The maximum Gasteiger partial charge on any atom is 0.237 e. The number of ether oxygens (including phenoxy) is 1. The highest BCUT2D eigenvalue weighted by Gasteiger charge is 2.42. The van der Waals surface area contributed by atoms with Crippen molar-refractivity contribution in [2.75, 3.05) is 13.2 Å². The van der Waals surface area contributed by atoms with Gasteiger partial charge in [0.15, 0.2) is 0 Å². The number of hydrogen-bond donors (Lipinski definition) is 2. The summed E-state index contributed by atoms with van der Waals surface area (Å²) < 4.78 is 5.32. The van der Waals surface area contributed by atoms with Gasteiger partial charge in [0.25, 0.3) is 0 Å². The molecule has 1 amide bonds. The second-order valence-electron chi connectivity index (χ2n) is 4.58. The van der Waals surface area contributed by atoms with E-state index in [1.54, 1.807) is 0 Å². The smallest absolute Gasteiger partial charge is 0.237 e. The molecule has 3 atom stereocenters. The van der Waals surface area contributed by atoms with Crippen LogP contribution in [0.1, 0.15) is 33.6 Å². The van der Waals surface area contributed by atoms with Crippen molar-refractivity contribution in [2.45, 2.75) is 45.2 Å². The number of primary amides is 1. The molecule has 0 aromatic heterocycles. The Morgan fingerprint density at radius 3 is 2.80 bits per heavy atom. The molecule has 0 aromatic rings. The Morgan fingerprint density at radius 1 is 1.73 bits per heavy atom. The van der Waals surface area contributed by atoms with E-state index in [4.69, 9.17) is 10.5 Å². The van der Waals surface area contributed by atoms with Crippen LogP contribution in [0.4, 0.5) is 0 Å². The van der Waals surface area contributed by atoms with Gasteiger partial charge in [-0.3, -0.25) is 4.79 Å². The van der Waals surface area contributed by atoms with Gasteiger partial charge in [-0.05, 0) is 26.7 Å². The Labute approximate surface area is 91.5 Å². The SMILES string of the molecule is CCC(C)NC(C)(C(N)=O)C1CCOC1. The lowest BCUT2D eigenvalue weighted by Crippen LogP contribution is -2.60. The number of nitrogens with two attached hydrogens (primary N) is 1. The first-order valence-electron chi connectivity index (χ1n) is 5.66. The highest BCUT2D eigenvalue weighted by Crippen LogP contribution is 2.26. The van der Waals surface area contributed by atoms with Gasteiger partial charge in [-0.1, -0.05) is 6.92 Å². The van der Waals surface area contributed by atoms with Crippen LogP contribution in [0, 0.1) is 5.92 Å². The van der Waals surface area contributed by atoms with Gasteiger partial charge < -0.3 is 15.8 Å². The van der Waals surface area contributed by atoms with Gasteiger partial charge in [0.1, 0.15) is 5.54 Å². The van der Waals surface area contributed by atoms with E-state index in [0.717, 1.165) is 19.4 Å². The lowest BCUT2D eigenvalue weighted by atomic mass is 9.83. The molecule has 1 aliphatic rings. The van der Waals surface area contributed by atoms with E-state index in [2.05, 4.69) is 19.2 Å². The average Bonchev–Trinajstić information content (AvgIpc) is 2.70. The van der Waals surface area contributed by atoms with E-state index in [0.29, 0.717) is 12.6 Å².